The molecule has 4 rings (SSSR count). The smallest absolute Gasteiger partial charge is 0.329 e. The number of carbonyl (C=O) groups excluding carboxylic acids is 2. The second kappa shape index (κ2) is 8.71. The molecule has 3 amide bonds. The van der Waals surface area contributed by atoms with Crippen molar-refractivity contribution < 1.29 is 19.1 Å². The maximum absolute atomic E-state index is 12.9. The van der Waals surface area contributed by atoms with Gasteiger partial charge in [-0.15, -0.1) is 0 Å². The van der Waals surface area contributed by atoms with Crippen molar-refractivity contribution >= 4 is 23.7 Å². The van der Waals surface area contributed by atoms with Crippen LogP contribution < -0.4 is 19.7 Å². The predicted octanol–water partition coefficient (Wildman–Crippen LogP) is 3.71. The van der Waals surface area contributed by atoms with Gasteiger partial charge in [-0.3, -0.25) is 9.69 Å². The van der Waals surface area contributed by atoms with Crippen LogP contribution in [-0.2, 0) is 11.3 Å². The van der Waals surface area contributed by atoms with Gasteiger partial charge in [0.15, 0.2) is 0 Å². The summed E-state index contributed by atoms with van der Waals surface area (Å²) in [6, 6.07) is 11.1. The summed E-state index contributed by atoms with van der Waals surface area (Å²) in [5.74, 6) is 0.965. The lowest BCUT2D eigenvalue weighted by Crippen LogP contribution is -2.30. The van der Waals surface area contributed by atoms with E-state index in [0.717, 1.165) is 42.7 Å². The number of rotatable bonds is 6. The Hall–Kier alpha value is -3.48. The molecule has 2 saturated heterocycles. The van der Waals surface area contributed by atoms with Crippen LogP contribution in [0.3, 0.4) is 0 Å². The molecule has 7 heteroatoms. The fourth-order valence-electron chi connectivity index (χ4n) is 3.97. The maximum atomic E-state index is 12.9. The second-order valence-electron chi connectivity index (χ2n) is 7.83. The molecule has 2 aliphatic heterocycles. The topological polar surface area (TPSA) is 71.1 Å². The minimum Gasteiger partial charge on any atom is -0.496 e. The molecule has 2 fully saturated rings. The van der Waals surface area contributed by atoms with Crippen molar-refractivity contribution in [3.63, 3.8) is 0 Å². The van der Waals surface area contributed by atoms with Crippen LogP contribution >= 0.6 is 0 Å². The molecular formula is C24H27N3O4. The van der Waals surface area contributed by atoms with Crippen molar-refractivity contribution in [2.45, 2.75) is 26.3 Å². The zero-order valence-corrected chi connectivity index (χ0v) is 18.1. The molecular weight excluding hydrogens is 394 g/mol. The number of nitrogens with one attached hydrogen (secondary N) is 1. The highest BCUT2D eigenvalue weighted by Crippen LogP contribution is 2.38. The summed E-state index contributed by atoms with van der Waals surface area (Å²) in [5, 5.41) is 2.68. The van der Waals surface area contributed by atoms with Gasteiger partial charge in [0.25, 0.3) is 5.91 Å². The van der Waals surface area contributed by atoms with Gasteiger partial charge in [-0.05, 0) is 37.5 Å². The molecule has 0 spiro atoms. The van der Waals surface area contributed by atoms with Gasteiger partial charge in [0.1, 0.15) is 17.2 Å². The normalized spacial score (nSPS) is 17.5. The maximum Gasteiger partial charge on any atom is 0.329 e. The first-order chi connectivity index (χ1) is 15.0. The zero-order valence-electron chi connectivity index (χ0n) is 18.1. The number of ether oxygens (including phenoxy) is 2. The number of urea groups is 1. The van der Waals surface area contributed by atoms with Crippen LogP contribution in [0.25, 0.3) is 6.08 Å². The molecule has 162 valence electrons. The van der Waals surface area contributed by atoms with Crippen molar-refractivity contribution in [3.8, 4) is 11.5 Å². The van der Waals surface area contributed by atoms with E-state index in [1.165, 1.54) is 4.90 Å². The third-order valence-corrected chi connectivity index (χ3v) is 5.70. The number of nitrogens with zero attached hydrogens (tertiary/aromatic N) is 2. The van der Waals surface area contributed by atoms with E-state index >= 15 is 0 Å². The van der Waals surface area contributed by atoms with Gasteiger partial charge < -0.3 is 19.7 Å². The molecule has 7 nitrogen and oxygen atoms in total. The zero-order chi connectivity index (χ0) is 22.0. The van der Waals surface area contributed by atoms with Gasteiger partial charge in [-0.2, -0.15) is 0 Å². The molecule has 0 bridgehead atoms. The van der Waals surface area contributed by atoms with E-state index in [-0.39, 0.29) is 18.1 Å². The fourth-order valence-corrected chi connectivity index (χ4v) is 3.97. The van der Waals surface area contributed by atoms with Crippen LogP contribution in [0.5, 0.6) is 11.5 Å². The molecule has 0 aromatic heterocycles. The Morgan fingerprint density at radius 1 is 1.00 bits per heavy atom. The molecule has 0 radical (unpaired) electrons. The highest BCUT2D eigenvalue weighted by molar-refractivity contribution is 6.14. The fraction of sp³-hybridized carbons (Fsp3) is 0.333. The molecule has 2 aromatic rings. The molecule has 0 aliphatic carbocycles. The van der Waals surface area contributed by atoms with Crippen LogP contribution in [-0.4, -0.2) is 44.1 Å². The number of benzene rings is 2. The molecule has 0 saturated carbocycles. The first-order valence-electron chi connectivity index (χ1n) is 10.4. The third-order valence-electron chi connectivity index (χ3n) is 5.70. The molecule has 1 N–H and O–H groups in total. The number of aryl methyl sites for hydroxylation is 1. The minimum absolute atomic E-state index is 0.214. The van der Waals surface area contributed by atoms with E-state index in [2.05, 4.69) is 10.2 Å². The summed E-state index contributed by atoms with van der Waals surface area (Å²) < 4.78 is 11.2. The Labute approximate surface area is 182 Å². The van der Waals surface area contributed by atoms with E-state index in [9.17, 15) is 9.59 Å². The quantitative estimate of drug-likeness (QED) is 0.569. The second-order valence-corrected chi connectivity index (χ2v) is 7.83. The first-order valence-corrected chi connectivity index (χ1v) is 10.4. The summed E-state index contributed by atoms with van der Waals surface area (Å²) in [6.45, 7) is 4.16. The van der Waals surface area contributed by atoms with Gasteiger partial charge in [0.2, 0.25) is 0 Å². The third kappa shape index (κ3) is 4.21. The van der Waals surface area contributed by atoms with Crippen molar-refractivity contribution in [2.75, 3.05) is 32.2 Å². The molecule has 0 atom stereocenters. The summed E-state index contributed by atoms with van der Waals surface area (Å²) in [6.07, 6.45) is 3.94. The average Bonchev–Trinajstić information content (AvgIpc) is 3.39. The summed E-state index contributed by atoms with van der Waals surface area (Å²) >= 11 is 0. The molecule has 2 aromatic carbocycles. The summed E-state index contributed by atoms with van der Waals surface area (Å²) in [4.78, 5) is 28.8. The van der Waals surface area contributed by atoms with Crippen LogP contribution in [0.15, 0.2) is 42.1 Å². The highest BCUT2D eigenvalue weighted by Gasteiger charge is 2.34. The predicted molar refractivity (Wildman–Crippen MR) is 119 cm³/mol. The van der Waals surface area contributed by atoms with Gasteiger partial charge in [-0.1, -0.05) is 29.8 Å². The molecule has 2 heterocycles. The van der Waals surface area contributed by atoms with Crippen LogP contribution in [0, 0.1) is 6.92 Å². The van der Waals surface area contributed by atoms with Crippen LogP contribution in [0.1, 0.15) is 29.5 Å². The van der Waals surface area contributed by atoms with E-state index in [4.69, 9.17) is 9.47 Å². The highest BCUT2D eigenvalue weighted by atomic mass is 16.5. The van der Waals surface area contributed by atoms with Crippen molar-refractivity contribution in [1.29, 1.82) is 0 Å². The SMILES string of the molecule is COc1cc(N2CCCC2)c(OC)cc1/C=C1\NC(=O)N(Cc2ccc(C)cc2)C1=O. The van der Waals surface area contributed by atoms with Gasteiger partial charge >= 0.3 is 6.03 Å². The van der Waals surface area contributed by atoms with Crippen molar-refractivity contribution in [1.82, 2.24) is 10.2 Å². The largest absolute Gasteiger partial charge is 0.496 e. The van der Waals surface area contributed by atoms with Gasteiger partial charge in [0.05, 0.1) is 26.5 Å². The van der Waals surface area contributed by atoms with Gasteiger partial charge in [0, 0.05) is 24.7 Å². The van der Waals surface area contributed by atoms with E-state index in [1.807, 2.05) is 43.3 Å². The standard InChI is InChI=1S/C24H27N3O4/c1-16-6-8-17(9-7-16)15-27-23(28)19(25-24(27)29)12-18-13-22(31-3)20(14-21(18)30-2)26-10-4-5-11-26/h6-9,12-14H,4-5,10-11,15H2,1-3H3,(H,25,29)/b19-12-. The Morgan fingerprint density at radius 3 is 2.32 bits per heavy atom. The lowest BCUT2D eigenvalue weighted by Gasteiger charge is -2.22. The number of anilines is 1. The van der Waals surface area contributed by atoms with E-state index in [0.29, 0.717) is 17.1 Å². The number of hydrogen-bond donors (Lipinski definition) is 1. The summed E-state index contributed by atoms with van der Waals surface area (Å²) in [5.41, 5.74) is 3.88. The van der Waals surface area contributed by atoms with Crippen molar-refractivity contribution in [2.24, 2.45) is 0 Å². The lowest BCUT2D eigenvalue weighted by atomic mass is 10.1. The Bertz CT molecular complexity index is 1020. The van der Waals surface area contributed by atoms with Crippen LogP contribution in [0.2, 0.25) is 0 Å². The van der Waals surface area contributed by atoms with E-state index < -0.39 is 6.03 Å². The average molecular weight is 421 g/mol. The summed E-state index contributed by atoms with van der Waals surface area (Å²) in [7, 11) is 3.22. The number of amides is 3. The molecule has 0 unspecified atom stereocenters. The van der Waals surface area contributed by atoms with Crippen LogP contribution in [0.4, 0.5) is 10.5 Å². The molecule has 31 heavy (non-hydrogen) atoms. The number of carbonyl (C=O) groups is 2. The number of methoxy groups -OCH3 is 2. The Kier molecular flexibility index (Phi) is 5.84. The number of hydrogen-bond acceptors (Lipinski definition) is 5. The van der Waals surface area contributed by atoms with Gasteiger partial charge in [-0.25, -0.2) is 4.79 Å². The number of imide groups is 1. The minimum atomic E-state index is -0.434. The molecule has 2 aliphatic rings. The monoisotopic (exact) mass is 421 g/mol. The Morgan fingerprint density at radius 2 is 1.68 bits per heavy atom. The van der Waals surface area contributed by atoms with Crippen molar-refractivity contribution in [3.05, 3.63) is 58.8 Å². The van der Waals surface area contributed by atoms with E-state index in [1.54, 1.807) is 20.3 Å². The lowest BCUT2D eigenvalue weighted by molar-refractivity contribution is -0.123. The first kappa shape index (κ1) is 20.8. The Balaban J connectivity index is 1.62.